The van der Waals surface area contributed by atoms with Crippen LogP contribution in [0.2, 0.25) is 0 Å². The third-order valence-electron chi connectivity index (χ3n) is 3.37. The van der Waals surface area contributed by atoms with Crippen molar-refractivity contribution in [3.63, 3.8) is 0 Å². The highest BCUT2D eigenvalue weighted by Gasteiger charge is 2.30. The van der Waals surface area contributed by atoms with Gasteiger partial charge in [0.1, 0.15) is 11.6 Å². The van der Waals surface area contributed by atoms with Gasteiger partial charge in [-0.2, -0.15) is 0 Å². The summed E-state index contributed by atoms with van der Waals surface area (Å²) in [6.07, 6.45) is 1.87. The molecule has 2 N–H and O–H groups in total. The van der Waals surface area contributed by atoms with E-state index >= 15 is 0 Å². The number of carbonyl (C=O) groups is 1. The molecule has 2 aromatic rings. The third-order valence-corrected chi connectivity index (χ3v) is 3.95. The summed E-state index contributed by atoms with van der Waals surface area (Å²) in [6, 6.07) is 5.94. The van der Waals surface area contributed by atoms with E-state index in [4.69, 9.17) is 0 Å². The van der Waals surface area contributed by atoms with Gasteiger partial charge in [0.25, 0.3) is 5.56 Å². The fourth-order valence-corrected chi connectivity index (χ4v) is 2.83. The summed E-state index contributed by atoms with van der Waals surface area (Å²) in [5, 5.41) is 3.04. The van der Waals surface area contributed by atoms with E-state index in [0.717, 1.165) is 0 Å². The Morgan fingerprint density at radius 2 is 2.19 bits per heavy atom. The van der Waals surface area contributed by atoms with E-state index in [1.54, 1.807) is 18.4 Å². The van der Waals surface area contributed by atoms with Gasteiger partial charge in [0, 0.05) is 12.3 Å². The molecular formula is C14H12FN3O2S. The number of carbonyl (C=O) groups excluding carboxylic acids is 1. The second-order valence-corrected chi connectivity index (χ2v) is 5.49. The number of aromatic amines is 1. The highest BCUT2D eigenvalue weighted by atomic mass is 32.2. The quantitative estimate of drug-likeness (QED) is 0.658. The minimum absolute atomic E-state index is 0.0971. The van der Waals surface area contributed by atoms with Crippen molar-refractivity contribution < 1.29 is 9.18 Å². The monoisotopic (exact) mass is 305 g/mol. The Morgan fingerprint density at radius 3 is 2.90 bits per heavy atom. The van der Waals surface area contributed by atoms with Crippen molar-refractivity contribution in [2.75, 3.05) is 11.6 Å². The van der Waals surface area contributed by atoms with E-state index in [2.05, 4.69) is 15.3 Å². The summed E-state index contributed by atoms with van der Waals surface area (Å²) in [4.78, 5) is 31.0. The van der Waals surface area contributed by atoms with Gasteiger partial charge in [0.15, 0.2) is 5.16 Å². The lowest BCUT2D eigenvalue weighted by molar-refractivity contribution is -0.116. The molecule has 0 unspecified atom stereocenters. The number of rotatable bonds is 2. The Bertz CT molecular complexity index is 775. The molecule has 0 spiro atoms. The second kappa shape index (κ2) is 5.33. The van der Waals surface area contributed by atoms with Crippen LogP contribution in [0, 0.1) is 5.82 Å². The summed E-state index contributed by atoms with van der Waals surface area (Å²) in [6.45, 7) is 0. The van der Waals surface area contributed by atoms with Crippen molar-refractivity contribution >= 4 is 23.5 Å². The maximum atomic E-state index is 13.4. The summed E-state index contributed by atoms with van der Waals surface area (Å²) in [5.74, 6) is -0.864. The predicted molar refractivity (Wildman–Crippen MR) is 78.1 cm³/mol. The van der Waals surface area contributed by atoms with Gasteiger partial charge in [-0.25, -0.2) is 9.37 Å². The molecule has 108 valence electrons. The van der Waals surface area contributed by atoms with Gasteiger partial charge in [0.2, 0.25) is 5.91 Å². The van der Waals surface area contributed by atoms with Crippen LogP contribution in [-0.4, -0.2) is 22.1 Å². The Balaban J connectivity index is 2.18. The largest absolute Gasteiger partial charge is 0.310 e. The highest BCUT2D eigenvalue weighted by molar-refractivity contribution is 7.98. The van der Waals surface area contributed by atoms with Crippen LogP contribution >= 0.6 is 11.8 Å². The third kappa shape index (κ3) is 2.56. The minimum Gasteiger partial charge on any atom is -0.310 e. The molecule has 0 aliphatic carbocycles. The number of hydrogen-bond acceptors (Lipinski definition) is 4. The standard InChI is InChI=1S/C14H12FN3O2S/c1-21-14-17-12-11(13(20)18-14)9(6-10(19)16-12)7-3-2-4-8(15)5-7/h2-5,9H,6H2,1H3,(H2,16,17,18,19,20)/t9-/m0/s1. The SMILES string of the molecule is CSc1nc2c(c(=O)[nH]1)[C@H](c1cccc(F)c1)CC(=O)N2. The molecule has 1 atom stereocenters. The van der Waals surface area contributed by atoms with Crippen LogP contribution in [-0.2, 0) is 4.79 Å². The Hall–Kier alpha value is -2.15. The Morgan fingerprint density at radius 1 is 1.38 bits per heavy atom. The molecule has 3 rings (SSSR count). The topological polar surface area (TPSA) is 74.8 Å². The number of H-pyrrole nitrogens is 1. The molecule has 0 fully saturated rings. The van der Waals surface area contributed by atoms with E-state index in [1.807, 2.05) is 0 Å². The van der Waals surface area contributed by atoms with E-state index in [0.29, 0.717) is 16.3 Å². The molecule has 1 aliphatic heterocycles. The molecule has 0 radical (unpaired) electrons. The molecule has 1 aromatic heterocycles. The van der Waals surface area contributed by atoms with Gasteiger partial charge in [-0.1, -0.05) is 23.9 Å². The zero-order valence-electron chi connectivity index (χ0n) is 11.1. The number of amides is 1. The number of hydrogen-bond donors (Lipinski definition) is 2. The van der Waals surface area contributed by atoms with Gasteiger partial charge < -0.3 is 10.3 Å². The zero-order valence-corrected chi connectivity index (χ0v) is 12.0. The fourth-order valence-electron chi connectivity index (χ4n) is 2.46. The maximum absolute atomic E-state index is 13.4. The van der Waals surface area contributed by atoms with Gasteiger partial charge >= 0.3 is 0 Å². The minimum atomic E-state index is -0.489. The van der Waals surface area contributed by atoms with Crippen LogP contribution in [0.15, 0.2) is 34.2 Å². The summed E-state index contributed by atoms with van der Waals surface area (Å²) < 4.78 is 13.4. The lowest BCUT2D eigenvalue weighted by Crippen LogP contribution is -2.31. The van der Waals surface area contributed by atoms with Crippen LogP contribution in [0.5, 0.6) is 0 Å². The smallest absolute Gasteiger partial charge is 0.257 e. The molecule has 1 aliphatic rings. The molecule has 0 saturated heterocycles. The van der Waals surface area contributed by atoms with Gasteiger partial charge in [0.05, 0.1) is 5.56 Å². The molecule has 2 heterocycles. The van der Waals surface area contributed by atoms with Gasteiger partial charge in [-0.15, -0.1) is 0 Å². The Labute approximate surface area is 124 Å². The maximum Gasteiger partial charge on any atom is 0.257 e. The first-order valence-electron chi connectivity index (χ1n) is 6.32. The second-order valence-electron chi connectivity index (χ2n) is 4.70. The number of nitrogens with zero attached hydrogens (tertiary/aromatic N) is 1. The average molecular weight is 305 g/mol. The normalized spacial score (nSPS) is 17.2. The number of thioether (sulfide) groups is 1. The van der Waals surface area contributed by atoms with E-state index in [1.165, 1.54) is 23.9 Å². The van der Waals surface area contributed by atoms with Gasteiger partial charge in [-0.05, 0) is 24.0 Å². The zero-order chi connectivity index (χ0) is 15.0. The number of benzene rings is 1. The molecule has 0 bridgehead atoms. The predicted octanol–water partition coefficient (Wildman–Crippen LogP) is 2.10. The number of halogens is 1. The van der Waals surface area contributed by atoms with Crippen molar-refractivity contribution in [2.45, 2.75) is 17.5 Å². The van der Waals surface area contributed by atoms with Crippen molar-refractivity contribution in [3.05, 3.63) is 51.6 Å². The van der Waals surface area contributed by atoms with E-state index in [9.17, 15) is 14.0 Å². The van der Waals surface area contributed by atoms with Crippen molar-refractivity contribution in [1.29, 1.82) is 0 Å². The van der Waals surface area contributed by atoms with Crippen LogP contribution < -0.4 is 10.9 Å². The van der Waals surface area contributed by atoms with E-state index < -0.39 is 11.7 Å². The summed E-state index contributed by atoms with van der Waals surface area (Å²) >= 11 is 1.28. The highest BCUT2D eigenvalue weighted by Crippen LogP contribution is 2.34. The lowest BCUT2D eigenvalue weighted by Gasteiger charge is -2.24. The summed E-state index contributed by atoms with van der Waals surface area (Å²) in [7, 11) is 0. The molecule has 1 aromatic carbocycles. The number of fused-ring (bicyclic) bond motifs is 1. The number of anilines is 1. The van der Waals surface area contributed by atoms with Crippen LogP contribution in [0.3, 0.4) is 0 Å². The molecule has 21 heavy (non-hydrogen) atoms. The first kappa shape index (κ1) is 13.8. The van der Waals surface area contributed by atoms with Crippen LogP contribution in [0.4, 0.5) is 10.2 Å². The van der Waals surface area contributed by atoms with Crippen LogP contribution in [0.1, 0.15) is 23.5 Å². The van der Waals surface area contributed by atoms with Crippen LogP contribution in [0.25, 0.3) is 0 Å². The van der Waals surface area contributed by atoms with Crippen molar-refractivity contribution in [2.24, 2.45) is 0 Å². The summed E-state index contributed by atoms with van der Waals surface area (Å²) in [5.41, 5.74) is 0.659. The first-order chi connectivity index (χ1) is 10.1. The van der Waals surface area contributed by atoms with Crippen molar-refractivity contribution in [1.82, 2.24) is 9.97 Å². The first-order valence-corrected chi connectivity index (χ1v) is 7.54. The Kier molecular flexibility index (Phi) is 3.50. The molecule has 5 nitrogen and oxygen atoms in total. The van der Waals surface area contributed by atoms with Gasteiger partial charge in [-0.3, -0.25) is 9.59 Å². The molecule has 0 saturated carbocycles. The molecular weight excluding hydrogens is 293 g/mol. The molecule has 1 amide bonds. The van der Waals surface area contributed by atoms with Crippen molar-refractivity contribution in [3.8, 4) is 0 Å². The fraction of sp³-hybridized carbons (Fsp3) is 0.214. The lowest BCUT2D eigenvalue weighted by atomic mass is 9.87. The number of aromatic nitrogens is 2. The average Bonchev–Trinajstić information content (AvgIpc) is 2.45. The van der Waals surface area contributed by atoms with E-state index in [-0.39, 0.29) is 23.7 Å². The number of nitrogens with one attached hydrogen (secondary N) is 2. The molecule has 7 heteroatoms.